The van der Waals surface area contributed by atoms with Crippen molar-refractivity contribution in [2.24, 2.45) is 0 Å². The Kier molecular flexibility index (Phi) is 1.72. The van der Waals surface area contributed by atoms with Crippen LogP contribution in [0.5, 0.6) is 0 Å². The molecule has 0 bridgehead atoms. The smallest absolute Gasteiger partial charge is 0.0575 e. The van der Waals surface area contributed by atoms with Gasteiger partial charge in [-0.3, -0.25) is 0 Å². The van der Waals surface area contributed by atoms with E-state index in [9.17, 15) is 0 Å². The molecule has 3 heteroatoms. The summed E-state index contributed by atoms with van der Waals surface area (Å²) in [6, 6.07) is 0. The van der Waals surface area contributed by atoms with Gasteiger partial charge >= 0.3 is 0 Å². The molecule has 9 heavy (non-hydrogen) atoms. The molecule has 0 amide bonds. The first-order valence-corrected chi connectivity index (χ1v) is 3.24. The highest BCUT2D eigenvalue weighted by Gasteiger charge is 2.47. The molecular formula is C6H12ClNO. The Hall–Kier alpha value is 0.210. The SMILES string of the molecule is Cl.OC1CC2(CCN2)C1. The highest BCUT2D eigenvalue weighted by atomic mass is 35.5. The maximum Gasteiger partial charge on any atom is 0.0575 e. The van der Waals surface area contributed by atoms with E-state index in [0.29, 0.717) is 5.54 Å². The first kappa shape index (κ1) is 7.32. The van der Waals surface area contributed by atoms with Crippen molar-refractivity contribution in [1.29, 1.82) is 0 Å². The van der Waals surface area contributed by atoms with Gasteiger partial charge in [-0.1, -0.05) is 0 Å². The molecule has 2 aliphatic rings. The number of nitrogens with one attached hydrogen (secondary N) is 1. The monoisotopic (exact) mass is 149 g/mol. The van der Waals surface area contributed by atoms with E-state index in [2.05, 4.69) is 5.32 Å². The fraction of sp³-hybridized carbons (Fsp3) is 1.00. The summed E-state index contributed by atoms with van der Waals surface area (Å²) in [6.45, 7) is 1.16. The fourth-order valence-electron chi connectivity index (χ4n) is 1.67. The van der Waals surface area contributed by atoms with Crippen molar-refractivity contribution in [2.75, 3.05) is 6.54 Å². The maximum atomic E-state index is 8.91. The molecule has 1 aliphatic carbocycles. The van der Waals surface area contributed by atoms with Crippen molar-refractivity contribution in [3.05, 3.63) is 0 Å². The number of halogens is 1. The van der Waals surface area contributed by atoms with Gasteiger partial charge in [0, 0.05) is 5.54 Å². The lowest BCUT2D eigenvalue weighted by Gasteiger charge is -2.53. The van der Waals surface area contributed by atoms with Gasteiger partial charge in [0.1, 0.15) is 0 Å². The fourth-order valence-corrected chi connectivity index (χ4v) is 1.67. The van der Waals surface area contributed by atoms with Gasteiger partial charge in [-0.15, -0.1) is 12.4 Å². The molecule has 1 aliphatic heterocycles. The number of aliphatic hydroxyl groups is 1. The number of rotatable bonds is 0. The van der Waals surface area contributed by atoms with Crippen molar-refractivity contribution in [3.63, 3.8) is 0 Å². The standard InChI is InChI=1S/C6H11NO.ClH/c8-5-3-6(4-5)1-2-7-6;/h5,7-8H,1-4H2;1H. The van der Waals surface area contributed by atoms with Gasteiger partial charge in [0.05, 0.1) is 6.10 Å². The zero-order chi connectivity index (χ0) is 5.61. The molecule has 2 nitrogen and oxygen atoms in total. The predicted octanol–water partition coefficient (Wildman–Crippen LogP) is 0.295. The molecule has 2 fully saturated rings. The molecule has 0 aromatic carbocycles. The minimum Gasteiger partial charge on any atom is -0.393 e. The van der Waals surface area contributed by atoms with Crippen molar-refractivity contribution < 1.29 is 5.11 Å². The third kappa shape index (κ3) is 0.955. The van der Waals surface area contributed by atoms with E-state index in [-0.39, 0.29) is 18.5 Å². The molecule has 0 aromatic rings. The highest BCUT2D eigenvalue weighted by Crippen LogP contribution is 2.39. The topological polar surface area (TPSA) is 32.3 Å². The molecule has 1 heterocycles. The number of aliphatic hydroxyl groups excluding tert-OH is 1. The second-order valence-corrected chi connectivity index (χ2v) is 3.02. The third-order valence-electron chi connectivity index (χ3n) is 2.36. The lowest BCUT2D eigenvalue weighted by Crippen LogP contribution is -2.66. The lowest BCUT2D eigenvalue weighted by atomic mass is 9.68. The van der Waals surface area contributed by atoms with Crippen LogP contribution in [0.2, 0.25) is 0 Å². The van der Waals surface area contributed by atoms with E-state index in [0.717, 1.165) is 19.4 Å². The van der Waals surface area contributed by atoms with Crippen LogP contribution in [0.15, 0.2) is 0 Å². The van der Waals surface area contributed by atoms with Crippen LogP contribution in [0.1, 0.15) is 19.3 Å². The van der Waals surface area contributed by atoms with Crippen molar-refractivity contribution in [3.8, 4) is 0 Å². The van der Waals surface area contributed by atoms with Crippen molar-refractivity contribution in [2.45, 2.75) is 30.9 Å². The first-order valence-electron chi connectivity index (χ1n) is 3.24. The predicted molar refractivity (Wildman–Crippen MR) is 37.8 cm³/mol. The molecule has 0 unspecified atom stereocenters. The Labute approximate surface area is 61.0 Å². The summed E-state index contributed by atoms with van der Waals surface area (Å²) in [5.74, 6) is 0. The molecule has 1 saturated heterocycles. The zero-order valence-corrected chi connectivity index (χ0v) is 6.08. The van der Waals surface area contributed by atoms with Gasteiger partial charge in [0.2, 0.25) is 0 Å². The van der Waals surface area contributed by atoms with Crippen LogP contribution in [-0.4, -0.2) is 23.3 Å². The molecule has 0 atom stereocenters. The van der Waals surface area contributed by atoms with Gasteiger partial charge in [-0.2, -0.15) is 0 Å². The molecule has 54 valence electrons. The van der Waals surface area contributed by atoms with Gasteiger partial charge in [-0.25, -0.2) is 0 Å². The number of hydrogen-bond acceptors (Lipinski definition) is 2. The Balaban J connectivity index is 0.000000405. The molecule has 0 radical (unpaired) electrons. The van der Waals surface area contributed by atoms with Gasteiger partial charge < -0.3 is 10.4 Å². The van der Waals surface area contributed by atoms with Crippen LogP contribution >= 0.6 is 12.4 Å². The molecule has 2 rings (SSSR count). The molecule has 0 aromatic heterocycles. The summed E-state index contributed by atoms with van der Waals surface area (Å²) < 4.78 is 0. The largest absolute Gasteiger partial charge is 0.393 e. The Morgan fingerprint density at radius 2 is 2.00 bits per heavy atom. The normalized spacial score (nSPS) is 47.0. The van der Waals surface area contributed by atoms with Crippen molar-refractivity contribution >= 4 is 12.4 Å². The highest BCUT2D eigenvalue weighted by molar-refractivity contribution is 5.85. The molecule has 1 saturated carbocycles. The Morgan fingerprint density at radius 3 is 2.11 bits per heavy atom. The van der Waals surface area contributed by atoms with E-state index in [1.165, 1.54) is 6.42 Å². The lowest BCUT2D eigenvalue weighted by molar-refractivity contribution is -0.0337. The first-order chi connectivity index (χ1) is 3.81. The van der Waals surface area contributed by atoms with Crippen LogP contribution in [0, 0.1) is 0 Å². The Bertz CT molecular complexity index is 106. The second kappa shape index (κ2) is 2.11. The summed E-state index contributed by atoms with van der Waals surface area (Å²) in [7, 11) is 0. The van der Waals surface area contributed by atoms with Crippen LogP contribution in [-0.2, 0) is 0 Å². The maximum absolute atomic E-state index is 8.91. The quantitative estimate of drug-likeness (QED) is 0.519. The average Bonchev–Trinajstić information content (AvgIpc) is 1.51. The van der Waals surface area contributed by atoms with E-state index >= 15 is 0 Å². The minimum atomic E-state index is 0. The van der Waals surface area contributed by atoms with Gasteiger partial charge in [0.25, 0.3) is 0 Å². The van der Waals surface area contributed by atoms with Crippen LogP contribution in [0.3, 0.4) is 0 Å². The van der Waals surface area contributed by atoms with Gasteiger partial charge in [0.15, 0.2) is 0 Å². The summed E-state index contributed by atoms with van der Waals surface area (Å²) in [4.78, 5) is 0. The van der Waals surface area contributed by atoms with Crippen molar-refractivity contribution in [1.82, 2.24) is 5.32 Å². The number of hydrogen-bond donors (Lipinski definition) is 2. The zero-order valence-electron chi connectivity index (χ0n) is 5.26. The second-order valence-electron chi connectivity index (χ2n) is 3.02. The van der Waals surface area contributed by atoms with E-state index in [4.69, 9.17) is 5.11 Å². The summed E-state index contributed by atoms with van der Waals surface area (Å²) in [6.07, 6.45) is 3.27. The third-order valence-corrected chi connectivity index (χ3v) is 2.36. The molecule has 2 N–H and O–H groups in total. The minimum absolute atomic E-state index is 0. The summed E-state index contributed by atoms with van der Waals surface area (Å²) >= 11 is 0. The van der Waals surface area contributed by atoms with Gasteiger partial charge in [-0.05, 0) is 25.8 Å². The average molecular weight is 150 g/mol. The van der Waals surface area contributed by atoms with E-state index < -0.39 is 0 Å². The summed E-state index contributed by atoms with van der Waals surface area (Å²) in [5, 5.41) is 12.2. The molecule has 1 spiro atoms. The van der Waals surface area contributed by atoms with E-state index in [1.54, 1.807) is 0 Å². The van der Waals surface area contributed by atoms with Crippen LogP contribution < -0.4 is 5.32 Å². The van der Waals surface area contributed by atoms with Crippen LogP contribution in [0.25, 0.3) is 0 Å². The Morgan fingerprint density at radius 1 is 1.44 bits per heavy atom. The molecular weight excluding hydrogens is 138 g/mol. The summed E-state index contributed by atoms with van der Waals surface area (Å²) in [5.41, 5.74) is 0.416. The van der Waals surface area contributed by atoms with E-state index in [1.807, 2.05) is 0 Å². The van der Waals surface area contributed by atoms with Crippen LogP contribution in [0.4, 0.5) is 0 Å².